The Morgan fingerprint density at radius 1 is 1.21 bits per heavy atom. The van der Waals surface area contributed by atoms with Crippen molar-refractivity contribution in [1.29, 1.82) is 0 Å². The third kappa shape index (κ3) is 5.41. The zero-order chi connectivity index (χ0) is 14.3. The Hall–Kier alpha value is -1.39. The molecule has 5 heteroatoms. The molecule has 108 valence electrons. The van der Waals surface area contributed by atoms with Gasteiger partial charge in [-0.25, -0.2) is 4.79 Å². The number of carbonyl (C=O) groups excluding carboxylic acids is 3. The molecule has 1 aliphatic rings. The quantitative estimate of drug-likeness (QED) is 0.502. The van der Waals surface area contributed by atoms with Crippen LogP contribution in [-0.2, 0) is 19.2 Å². The topological polar surface area (TPSA) is 63.7 Å². The Kier molecular flexibility index (Phi) is 6.53. The van der Waals surface area contributed by atoms with Crippen LogP contribution in [0, 0.1) is 5.92 Å². The van der Waals surface area contributed by atoms with E-state index in [0.29, 0.717) is 5.06 Å². The lowest BCUT2D eigenvalue weighted by molar-refractivity contribution is -0.197. The lowest BCUT2D eigenvalue weighted by atomic mass is 10.0. The number of unbranched alkanes of at least 4 members (excludes halogenated alkanes) is 2. The van der Waals surface area contributed by atoms with Gasteiger partial charge in [0.15, 0.2) is 0 Å². The Bertz CT molecular complexity index is 324. The molecule has 2 amide bonds. The minimum absolute atomic E-state index is 0.140. The molecule has 0 bridgehead atoms. The van der Waals surface area contributed by atoms with Gasteiger partial charge in [0.2, 0.25) is 0 Å². The fourth-order valence-electron chi connectivity index (χ4n) is 1.95. The van der Waals surface area contributed by atoms with Crippen LogP contribution in [0.1, 0.15) is 65.2 Å². The molecule has 0 N–H and O–H groups in total. The normalized spacial score (nSPS) is 16.8. The van der Waals surface area contributed by atoms with E-state index in [4.69, 9.17) is 4.84 Å². The molecule has 0 spiro atoms. The van der Waals surface area contributed by atoms with Crippen LogP contribution in [0.2, 0.25) is 0 Å². The molecule has 1 unspecified atom stereocenters. The number of carbonyl (C=O) groups is 3. The van der Waals surface area contributed by atoms with Gasteiger partial charge in [0.05, 0.1) is 0 Å². The highest BCUT2D eigenvalue weighted by atomic mass is 16.7. The summed E-state index contributed by atoms with van der Waals surface area (Å²) in [6, 6.07) is 0. The van der Waals surface area contributed by atoms with Crippen molar-refractivity contribution in [2.45, 2.75) is 65.2 Å². The first-order valence-electron chi connectivity index (χ1n) is 7.11. The molecular weight excluding hydrogens is 246 g/mol. The molecular formula is C14H23NO4. The Morgan fingerprint density at radius 2 is 1.84 bits per heavy atom. The summed E-state index contributed by atoms with van der Waals surface area (Å²) in [5.74, 6) is -0.607. The van der Waals surface area contributed by atoms with E-state index in [-0.39, 0.29) is 19.3 Å². The maximum absolute atomic E-state index is 11.5. The van der Waals surface area contributed by atoms with Crippen molar-refractivity contribution in [3.63, 3.8) is 0 Å². The van der Waals surface area contributed by atoms with Gasteiger partial charge < -0.3 is 4.84 Å². The Morgan fingerprint density at radius 3 is 2.42 bits per heavy atom. The minimum atomic E-state index is -0.493. The number of rotatable bonds is 8. The minimum Gasteiger partial charge on any atom is -0.330 e. The lowest BCUT2D eigenvalue weighted by Crippen LogP contribution is -2.31. The average molecular weight is 269 g/mol. The first kappa shape index (κ1) is 15.7. The van der Waals surface area contributed by atoms with Gasteiger partial charge in [-0.2, -0.15) is 0 Å². The third-order valence-corrected chi connectivity index (χ3v) is 3.47. The van der Waals surface area contributed by atoms with Gasteiger partial charge in [0.1, 0.15) is 0 Å². The van der Waals surface area contributed by atoms with Gasteiger partial charge in [-0.3, -0.25) is 9.59 Å². The van der Waals surface area contributed by atoms with Gasteiger partial charge in [0.25, 0.3) is 11.8 Å². The van der Waals surface area contributed by atoms with E-state index in [2.05, 4.69) is 13.8 Å². The second-order valence-electron chi connectivity index (χ2n) is 5.16. The zero-order valence-electron chi connectivity index (χ0n) is 11.8. The van der Waals surface area contributed by atoms with Crippen LogP contribution in [0.3, 0.4) is 0 Å². The van der Waals surface area contributed by atoms with Crippen LogP contribution in [0.5, 0.6) is 0 Å². The van der Waals surface area contributed by atoms with Crippen molar-refractivity contribution < 1.29 is 19.2 Å². The summed E-state index contributed by atoms with van der Waals surface area (Å²) in [4.78, 5) is 38.7. The van der Waals surface area contributed by atoms with Crippen LogP contribution in [0.15, 0.2) is 0 Å². The second-order valence-corrected chi connectivity index (χ2v) is 5.16. The van der Waals surface area contributed by atoms with E-state index in [0.717, 1.165) is 25.2 Å². The van der Waals surface area contributed by atoms with E-state index in [1.807, 2.05) is 0 Å². The van der Waals surface area contributed by atoms with Gasteiger partial charge in [0, 0.05) is 19.3 Å². The molecule has 5 nitrogen and oxygen atoms in total. The monoisotopic (exact) mass is 269 g/mol. The number of hydroxylamine groups is 2. The standard InChI is InChI=1S/C14H23NO4/c1-3-11(2)7-5-4-6-8-14(18)19-15-12(16)9-10-13(15)17/h11H,3-10H2,1-2H3. The average Bonchev–Trinajstić information content (AvgIpc) is 2.69. The van der Waals surface area contributed by atoms with E-state index in [9.17, 15) is 14.4 Å². The summed E-state index contributed by atoms with van der Waals surface area (Å²) < 4.78 is 0. The summed E-state index contributed by atoms with van der Waals surface area (Å²) in [6.07, 6.45) is 5.71. The molecule has 1 heterocycles. The number of imide groups is 1. The molecule has 0 aromatic heterocycles. The Labute approximate surface area is 114 Å². The maximum atomic E-state index is 11.5. The van der Waals surface area contributed by atoms with E-state index in [1.165, 1.54) is 12.8 Å². The van der Waals surface area contributed by atoms with E-state index < -0.39 is 17.8 Å². The summed E-state index contributed by atoms with van der Waals surface area (Å²) in [5, 5.41) is 0.613. The number of hydrogen-bond donors (Lipinski definition) is 0. The number of amides is 2. The molecule has 1 aliphatic heterocycles. The SMILES string of the molecule is CCC(C)CCCCCC(=O)ON1C(=O)CCC1=O. The van der Waals surface area contributed by atoms with E-state index >= 15 is 0 Å². The molecule has 1 rings (SSSR count). The molecule has 19 heavy (non-hydrogen) atoms. The van der Waals surface area contributed by atoms with Crippen LogP contribution >= 0.6 is 0 Å². The van der Waals surface area contributed by atoms with Crippen LogP contribution in [0.25, 0.3) is 0 Å². The Balaban J connectivity index is 2.11. The van der Waals surface area contributed by atoms with Crippen molar-refractivity contribution in [3.05, 3.63) is 0 Å². The van der Waals surface area contributed by atoms with E-state index in [1.54, 1.807) is 0 Å². The summed E-state index contributed by atoms with van der Waals surface area (Å²) in [5.41, 5.74) is 0. The number of hydrogen-bond acceptors (Lipinski definition) is 4. The van der Waals surface area contributed by atoms with Gasteiger partial charge in [-0.05, 0) is 12.3 Å². The van der Waals surface area contributed by atoms with Gasteiger partial charge >= 0.3 is 5.97 Å². The maximum Gasteiger partial charge on any atom is 0.333 e. The predicted molar refractivity (Wildman–Crippen MR) is 69.7 cm³/mol. The van der Waals surface area contributed by atoms with Crippen LogP contribution in [0.4, 0.5) is 0 Å². The van der Waals surface area contributed by atoms with Gasteiger partial charge in [-0.1, -0.05) is 39.5 Å². The molecule has 0 saturated carbocycles. The first-order valence-corrected chi connectivity index (χ1v) is 7.11. The highest BCUT2D eigenvalue weighted by Crippen LogP contribution is 2.15. The van der Waals surface area contributed by atoms with Crippen molar-refractivity contribution >= 4 is 17.8 Å². The lowest BCUT2D eigenvalue weighted by Gasteiger charge is -2.12. The molecule has 0 aliphatic carbocycles. The fourth-order valence-corrected chi connectivity index (χ4v) is 1.95. The molecule has 0 aromatic rings. The van der Waals surface area contributed by atoms with Crippen molar-refractivity contribution in [1.82, 2.24) is 5.06 Å². The zero-order valence-corrected chi connectivity index (χ0v) is 11.8. The summed E-state index contributed by atoms with van der Waals surface area (Å²) >= 11 is 0. The fraction of sp³-hybridized carbons (Fsp3) is 0.786. The van der Waals surface area contributed by atoms with Crippen molar-refractivity contribution in [2.75, 3.05) is 0 Å². The molecule has 1 saturated heterocycles. The van der Waals surface area contributed by atoms with Crippen LogP contribution < -0.4 is 0 Å². The molecule has 1 atom stereocenters. The first-order chi connectivity index (χ1) is 9.04. The van der Waals surface area contributed by atoms with Crippen molar-refractivity contribution in [2.24, 2.45) is 5.92 Å². The summed E-state index contributed by atoms with van der Waals surface area (Å²) in [7, 11) is 0. The molecule has 1 fully saturated rings. The smallest absolute Gasteiger partial charge is 0.330 e. The third-order valence-electron chi connectivity index (χ3n) is 3.47. The van der Waals surface area contributed by atoms with Crippen molar-refractivity contribution in [3.8, 4) is 0 Å². The highest BCUT2D eigenvalue weighted by Gasteiger charge is 2.32. The number of nitrogens with zero attached hydrogens (tertiary/aromatic N) is 1. The highest BCUT2D eigenvalue weighted by molar-refractivity contribution is 6.01. The van der Waals surface area contributed by atoms with Crippen LogP contribution in [-0.4, -0.2) is 22.8 Å². The van der Waals surface area contributed by atoms with Gasteiger partial charge in [-0.15, -0.1) is 5.06 Å². The second kappa shape index (κ2) is 7.92. The largest absolute Gasteiger partial charge is 0.333 e. The molecule has 0 aromatic carbocycles. The summed E-state index contributed by atoms with van der Waals surface area (Å²) in [6.45, 7) is 4.39. The molecule has 0 radical (unpaired) electrons. The predicted octanol–water partition coefficient (Wildman–Crippen LogP) is 2.59.